The number of aryl methyl sites for hydroxylation is 1. The largest absolute Gasteiger partial charge is 0.507 e. The summed E-state index contributed by atoms with van der Waals surface area (Å²) in [5.41, 5.74) is 4.44. The molecule has 0 aliphatic carbocycles. The van der Waals surface area contributed by atoms with E-state index in [4.69, 9.17) is 0 Å². The molecule has 182 valence electrons. The third-order valence-corrected chi connectivity index (χ3v) is 6.63. The molecule has 5 heteroatoms. The number of aliphatic hydroxyl groups excluding tert-OH is 1. The van der Waals surface area contributed by atoms with Gasteiger partial charge in [-0.1, -0.05) is 64.8 Å². The number of amides is 1. The summed E-state index contributed by atoms with van der Waals surface area (Å²) in [6, 6.07) is 13.2. The van der Waals surface area contributed by atoms with Gasteiger partial charge in [-0.05, 0) is 53.6 Å². The lowest BCUT2D eigenvalue weighted by molar-refractivity contribution is -0.139. The molecule has 5 nitrogen and oxygen atoms in total. The van der Waals surface area contributed by atoms with Crippen molar-refractivity contribution in [3.63, 3.8) is 0 Å². The molecular weight excluding hydrogens is 424 g/mol. The number of nitrogens with zero attached hydrogens (tertiary/aromatic N) is 2. The number of carbonyl (C=O) groups is 2. The van der Waals surface area contributed by atoms with Crippen LogP contribution in [0.3, 0.4) is 0 Å². The maximum Gasteiger partial charge on any atom is 0.295 e. The second-order valence-electron chi connectivity index (χ2n) is 10.5. The first-order valence-corrected chi connectivity index (χ1v) is 12.1. The highest BCUT2D eigenvalue weighted by molar-refractivity contribution is 6.46. The van der Waals surface area contributed by atoms with E-state index in [1.165, 1.54) is 0 Å². The van der Waals surface area contributed by atoms with Gasteiger partial charge in [0, 0.05) is 31.9 Å². The Kier molecular flexibility index (Phi) is 7.54. The zero-order valence-electron chi connectivity index (χ0n) is 21.6. The predicted octanol–water partition coefficient (Wildman–Crippen LogP) is 5.97. The Balaban J connectivity index is 2.19. The van der Waals surface area contributed by atoms with Crippen molar-refractivity contribution in [2.75, 3.05) is 25.5 Å². The van der Waals surface area contributed by atoms with E-state index in [9.17, 15) is 14.7 Å². The van der Waals surface area contributed by atoms with Crippen molar-refractivity contribution in [1.82, 2.24) is 4.90 Å². The van der Waals surface area contributed by atoms with Crippen LogP contribution in [-0.2, 0) is 15.0 Å². The van der Waals surface area contributed by atoms with Crippen LogP contribution >= 0.6 is 0 Å². The maximum absolute atomic E-state index is 13.3. The first-order chi connectivity index (χ1) is 16.0. The fourth-order valence-corrected chi connectivity index (χ4v) is 4.43. The van der Waals surface area contributed by atoms with Crippen LogP contribution in [0, 0.1) is 6.92 Å². The monoisotopic (exact) mass is 462 g/mol. The Morgan fingerprint density at radius 3 is 2.24 bits per heavy atom. The summed E-state index contributed by atoms with van der Waals surface area (Å²) in [5.74, 6) is -1.25. The van der Waals surface area contributed by atoms with Crippen molar-refractivity contribution in [1.29, 1.82) is 0 Å². The highest BCUT2D eigenvalue weighted by Crippen LogP contribution is 2.41. The molecule has 2 aromatic carbocycles. The zero-order chi connectivity index (χ0) is 25.2. The van der Waals surface area contributed by atoms with Crippen LogP contribution in [0.25, 0.3) is 5.76 Å². The average Bonchev–Trinajstić information content (AvgIpc) is 3.03. The lowest BCUT2D eigenvalue weighted by atomic mass is 9.84. The van der Waals surface area contributed by atoms with E-state index in [2.05, 4.69) is 27.7 Å². The van der Waals surface area contributed by atoms with E-state index in [-0.39, 0.29) is 16.7 Å². The van der Waals surface area contributed by atoms with Crippen LogP contribution in [0.4, 0.5) is 5.69 Å². The van der Waals surface area contributed by atoms with Gasteiger partial charge >= 0.3 is 0 Å². The second-order valence-corrected chi connectivity index (χ2v) is 10.5. The number of ketones is 1. The molecule has 1 N–H and O–H groups in total. The minimum atomic E-state index is -0.615. The standard InChI is InChI=1S/C29H38N2O3/c1-8-9-10-17-31-25(20-12-15-22(16-13-20)30(6)7)24(27(33)28(31)34)26(32)23-18-21(29(3,4)5)14-11-19(23)2/h11-16,18,25,32H,8-10,17H2,1-7H3/b26-24+. The number of unbranched alkanes of at least 4 members (excludes halogenated alkanes) is 2. The smallest absolute Gasteiger partial charge is 0.295 e. The van der Waals surface area contributed by atoms with E-state index in [1.54, 1.807) is 4.90 Å². The van der Waals surface area contributed by atoms with Crippen LogP contribution in [0.15, 0.2) is 48.0 Å². The zero-order valence-corrected chi connectivity index (χ0v) is 21.6. The van der Waals surface area contributed by atoms with E-state index < -0.39 is 17.7 Å². The van der Waals surface area contributed by atoms with Crippen molar-refractivity contribution >= 4 is 23.1 Å². The molecule has 2 aromatic rings. The SMILES string of the molecule is CCCCCN1C(=O)C(=O)/C(=C(/O)c2cc(C(C)(C)C)ccc2C)C1c1ccc(N(C)C)cc1. The maximum atomic E-state index is 13.3. The minimum Gasteiger partial charge on any atom is -0.507 e. The summed E-state index contributed by atoms with van der Waals surface area (Å²) in [6.45, 7) is 10.8. The highest BCUT2D eigenvalue weighted by atomic mass is 16.3. The average molecular weight is 463 g/mol. The van der Waals surface area contributed by atoms with E-state index in [1.807, 2.05) is 68.4 Å². The summed E-state index contributed by atoms with van der Waals surface area (Å²) in [5, 5.41) is 11.5. The Morgan fingerprint density at radius 2 is 1.68 bits per heavy atom. The molecule has 0 saturated carbocycles. The van der Waals surface area contributed by atoms with Gasteiger partial charge < -0.3 is 14.9 Å². The van der Waals surface area contributed by atoms with Gasteiger partial charge in [-0.3, -0.25) is 9.59 Å². The van der Waals surface area contributed by atoms with Crippen LogP contribution in [0.5, 0.6) is 0 Å². The van der Waals surface area contributed by atoms with E-state index in [0.29, 0.717) is 12.1 Å². The molecule has 1 heterocycles. The molecule has 34 heavy (non-hydrogen) atoms. The van der Waals surface area contributed by atoms with Gasteiger partial charge in [-0.25, -0.2) is 0 Å². The third kappa shape index (κ3) is 5.03. The number of benzene rings is 2. The number of aliphatic hydroxyl groups is 1. The van der Waals surface area contributed by atoms with Gasteiger partial charge in [0.05, 0.1) is 11.6 Å². The summed E-state index contributed by atoms with van der Waals surface area (Å²) in [7, 11) is 3.94. The van der Waals surface area contributed by atoms with Crippen molar-refractivity contribution in [2.45, 2.75) is 65.3 Å². The van der Waals surface area contributed by atoms with Crippen molar-refractivity contribution < 1.29 is 14.7 Å². The minimum absolute atomic E-state index is 0.0957. The number of rotatable bonds is 7. The van der Waals surface area contributed by atoms with Crippen LogP contribution < -0.4 is 4.90 Å². The van der Waals surface area contributed by atoms with Gasteiger partial charge in [-0.15, -0.1) is 0 Å². The first-order valence-electron chi connectivity index (χ1n) is 12.1. The molecule has 0 radical (unpaired) electrons. The molecule has 1 unspecified atom stereocenters. The summed E-state index contributed by atoms with van der Waals surface area (Å²) < 4.78 is 0. The number of likely N-dealkylation sites (tertiary alicyclic amines) is 1. The number of hydrogen-bond acceptors (Lipinski definition) is 4. The Hall–Kier alpha value is -3.08. The van der Waals surface area contributed by atoms with Gasteiger partial charge in [0.15, 0.2) is 0 Å². The van der Waals surface area contributed by atoms with E-state index in [0.717, 1.165) is 41.6 Å². The molecule has 1 amide bonds. The Morgan fingerprint density at radius 1 is 1.03 bits per heavy atom. The number of anilines is 1. The lowest BCUT2D eigenvalue weighted by Gasteiger charge is -2.26. The van der Waals surface area contributed by atoms with Crippen molar-refractivity contribution in [3.8, 4) is 0 Å². The molecule has 0 spiro atoms. The fourth-order valence-electron chi connectivity index (χ4n) is 4.43. The third-order valence-electron chi connectivity index (χ3n) is 6.63. The molecule has 3 rings (SSSR count). The Bertz CT molecular complexity index is 1090. The highest BCUT2D eigenvalue weighted by Gasteiger charge is 2.45. The van der Waals surface area contributed by atoms with Gasteiger partial charge in [0.1, 0.15) is 5.76 Å². The molecule has 1 saturated heterocycles. The van der Waals surface area contributed by atoms with Crippen LogP contribution in [-0.4, -0.2) is 42.3 Å². The molecular formula is C29H38N2O3. The van der Waals surface area contributed by atoms with Crippen molar-refractivity contribution in [2.24, 2.45) is 0 Å². The first kappa shape index (κ1) is 25.5. The molecule has 1 atom stereocenters. The van der Waals surface area contributed by atoms with Crippen LogP contribution in [0.1, 0.15) is 75.3 Å². The van der Waals surface area contributed by atoms with Gasteiger partial charge in [-0.2, -0.15) is 0 Å². The van der Waals surface area contributed by atoms with Gasteiger partial charge in [0.25, 0.3) is 11.7 Å². The molecule has 1 aliphatic rings. The number of hydrogen-bond donors (Lipinski definition) is 1. The summed E-state index contributed by atoms with van der Waals surface area (Å²) >= 11 is 0. The van der Waals surface area contributed by atoms with E-state index >= 15 is 0 Å². The molecule has 0 aromatic heterocycles. The summed E-state index contributed by atoms with van der Waals surface area (Å²) in [6.07, 6.45) is 2.81. The normalized spacial score (nSPS) is 18.0. The molecule has 1 aliphatic heterocycles. The lowest BCUT2D eigenvalue weighted by Crippen LogP contribution is -2.30. The predicted molar refractivity (Wildman–Crippen MR) is 139 cm³/mol. The second kappa shape index (κ2) is 10.0. The molecule has 1 fully saturated rings. The van der Waals surface area contributed by atoms with Crippen LogP contribution in [0.2, 0.25) is 0 Å². The fraction of sp³-hybridized carbons (Fsp3) is 0.448. The van der Waals surface area contributed by atoms with Crippen molar-refractivity contribution in [3.05, 3.63) is 70.3 Å². The number of carbonyl (C=O) groups excluding carboxylic acids is 2. The topological polar surface area (TPSA) is 60.9 Å². The number of Topliss-reactive ketones (excluding diaryl/α,β-unsaturated/α-hetero) is 1. The quantitative estimate of drug-likeness (QED) is 0.238. The Labute approximate surface area is 204 Å². The summed E-state index contributed by atoms with van der Waals surface area (Å²) in [4.78, 5) is 30.1. The molecule has 0 bridgehead atoms. The van der Waals surface area contributed by atoms with Gasteiger partial charge in [0.2, 0.25) is 0 Å².